The highest BCUT2D eigenvalue weighted by atomic mass is 32.2. The van der Waals surface area contributed by atoms with Gasteiger partial charge in [0.1, 0.15) is 5.75 Å². The molecule has 1 atom stereocenters. The molecule has 0 aromatic heterocycles. The molecule has 0 spiro atoms. The van der Waals surface area contributed by atoms with Crippen LogP contribution in [0.25, 0.3) is 0 Å². The molecule has 0 aliphatic carbocycles. The van der Waals surface area contributed by atoms with E-state index in [1.807, 2.05) is 0 Å². The van der Waals surface area contributed by atoms with Gasteiger partial charge >= 0.3 is 5.97 Å². The number of carboxylic acid groups (broad SMARTS) is 1. The van der Waals surface area contributed by atoms with Crippen molar-refractivity contribution in [3.63, 3.8) is 0 Å². The molecule has 5 nitrogen and oxygen atoms in total. The van der Waals surface area contributed by atoms with Crippen LogP contribution in [0.5, 0.6) is 5.75 Å². The van der Waals surface area contributed by atoms with Gasteiger partial charge in [-0.1, -0.05) is 11.6 Å². The number of carbonyl (C=O) groups is 1. The Morgan fingerprint density at radius 2 is 1.86 bits per heavy atom. The Morgan fingerprint density at radius 1 is 1.33 bits per heavy atom. The standard InChI is InChI=1S/C15H20O5S/c1-5-11(2)10-15(3,14(16)17)21(18,19)13-8-6-12(20-4)7-9-13/h5-9H,10H2,1-4H3,(H,16,17)/b11-5+. The van der Waals surface area contributed by atoms with E-state index in [2.05, 4.69) is 0 Å². The van der Waals surface area contributed by atoms with E-state index in [0.717, 1.165) is 0 Å². The summed E-state index contributed by atoms with van der Waals surface area (Å²) in [5.74, 6) is -0.852. The molecule has 1 rings (SSSR count). The molecule has 0 aliphatic rings. The van der Waals surface area contributed by atoms with Crippen molar-refractivity contribution in [3.8, 4) is 5.75 Å². The number of ether oxygens (including phenoxy) is 1. The molecular weight excluding hydrogens is 292 g/mol. The quantitative estimate of drug-likeness (QED) is 0.817. The van der Waals surface area contributed by atoms with Gasteiger partial charge < -0.3 is 9.84 Å². The third-order valence-electron chi connectivity index (χ3n) is 3.52. The Hall–Kier alpha value is -1.82. The monoisotopic (exact) mass is 312 g/mol. The van der Waals surface area contributed by atoms with E-state index in [1.54, 1.807) is 19.9 Å². The SMILES string of the molecule is C/C=C(\C)CC(C)(C(=O)O)S(=O)(=O)c1ccc(OC)cc1. The van der Waals surface area contributed by atoms with E-state index in [9.17, 15) is 18.3 Å². The third kappa shape index (κ3) is 3.26. The summed E-state index contributed by atoms with van der Waals surface area (Å²) >= 11 is 0. The second-order valence-corrected chi connectivity index (χ2v) is 7.41. The highest BCUT2D eigenvalue weighted by molar-refractivity contribution is 7.93. The zero-order valence-electron chi connectivity index (χ0n) is 12.6. The van der Waals surface area contributed by atoms with Crippen LogP contribution in [-0.4, -0.2) is 31.4 Å². The van der Waals surface area contributed by atoms with Gasteiger partial charge in [-0.15, -0.1) is 0 Å². The molecule has 0 saturated carbocycles. The fourth-order valence-corrected chi connectivity index (χ4v) is 3.60. The average molecular weight is 312 g/mol. The maximum absolute atomic E-state index is 12.7. The second-order valence-electron chi connectivity index (χ2n) is 5.03. The molecule has 21 heavy (non-hydrogen) atoms. The maximum Gasteiger partial charge on any atom is 0.325 e. The molecule has 0 aliphatic heterocycles. The lowest BCUT2D eigenvalue weighted by molar-refractivity contribution is -0.139. The summed E-state index contributed by atoms with van der Waals surface area (Å²) in [6.07, 6.45) is 1.65. The minimum atomic E-state index is -4.03. The first-order valence-corrected chi connectivity index (χ1v) is 7.91. The fraction of sp³-hybridized carbons (Fsp3) is 0.400. The first-order valence-electron chi connectivity index (χ1n) is 6.43. The van der Waals surface area contributed by atoms with E-state index in [4.69, 9.17) is 4.74 Å². The molecule has 0 amide bonds. The molecule has 0 saturated heterocycles. The van der Waals surface area contributed by atoms with Gasteiger partial charge in [-0.25, -0.2) is 8.42 Å². The maximum atomic E-state index is 12.7. The van der Waals surface area contributed by atoms with Crippen molar-refractivity contribution in [1.29, 1.82) is 0 Å². The number of hydrogen-bond acceptors (Lipinski definition) is 4. The van der Waals surface area contributed by atoms with Gasteiger partial charge in [0, 0.05) is 0 Å². The van der Waals surface area contributed by atoms with Gasteiger partial charge in [0.05, 0.1) is 12.0 Å². The summed E-state index contributed by atoms with van der Waals surface area (Å²) in [7, 11) is -2.55. The van der Waals surface area contributed by atoms with Crippen LogP contribution < -0.4 is 4.74 Å². The number of hydrogen-bond donors (Lipinski definition) is 1. The van der Waals surface area contributed by atoms with Gasteiger partial charge in [-0.2, -0.15) is 0 Å². The summed E-state index contributed by atoms with van der Waals surface area (Å²) in [5, 5.41) is 9.44. The number of benzene rings is 1. The Balaban J connectivity index is 3.37. The van der Waals surface area contributed by atoms with Crippen molar-refractivity contribution < 1.29 is 23.1 Å². The van der Waals surface area contributed by atoms with Crippen LogP contribution in [0.15, 0.2) is 40.8 Å². The highest BCUT2D eigenvalue weighted by Crippen LogP contribution is 2.32. The number of allylic oxidation sites excluding steroid dienone is 2. The van der Waals surface area contributed by atoms with Crippen LogP contribution in [0.1, 0.15) is 27.2 Å². The Morgan fingerprint density at radius 3 is 2.24 bits per heavy atom. The van der Waals surface area contributed by atoms with Crippen LogP contribution in [0.3, 0.4) is 0 Å². The lowest BCUT2D eigenvalue weighted by Crippen LogP contribution is -2.43. The van der Waals surface area contributed by atoms with Gasteiger partial charge in [0.25, 0.3) is 0 Å². The van der Waals surface area contributed by atoms with Crippen molar-refractivity contribution in [3.05, 3.63) is 35.9 Å². The lowest BCUT2D eigenvalue weighted by atomic mass is 10.0. The van der Waals surface area contributed by atoms with E-state index in [1.165, 1.54) is 38.3 Å². The minimum absolute atomic E-state index is 0.0305. The third-order valence-corrected chi connectivity index (χ3v) is 5.92. The largest absolute Gasteiger partial charge is 0.497 e. The summed E-state index contributed by atoms with van der Waals surface area (Å²) in [6, 6.07) is 5.72. The van der Waals surface area contributed by atoms with Gasteiger partial charge in [0.2, 0.25) is 0 Å². The number of aliphatic carboxylic acids is 1. The highest BCUT2D eigenvalue weighted by Gasteiger charge is 2.47. The van der Waals surface area contributed by atoms with Crippen LogP contribution in [0.2, 0.25) is 0 Å². The number of rotatable bonds is 6. The molecule has 6 heteroatoms. The normalized spacial score (nSPS) is 15.3. The molecule has 1 aromatic carbocycles. The average Bonchev–Trinajstić information content (AvgIpc) is 2.46. The van der Waals surface area contributed by atoms with Gasteiger partial charge in [-0.3, -0.25) is 4.79 Å². The first kappa shape index (κ1) is 17.2. The van der Waals surface area contributed by atoms with Crippen molar-refractivity contribution in [1.82, 2.24) is 0 Å². The fourth-order valence-electron chi connectivity index (χ4n) is 1.93. The van der Waals surface area contributed by atoms with Crippen LogP contribution in [0.4, 0.5) is 0 Å². The van der Waals surface area contributed by atoms with Gasteiger partial charge in [-0.05, 0) is 51.5 Å². The van der Waals surface area contributed by atoms with E-state index >= 15 is 0 Å². The molecule has 0 bridgehead atoms. The Labute approximate surface area is 125 Å². The second kappa shape index (κ2) is 6.30. The van der Waals surface area contributed by atoms with Crippen LogP contribution in [-0.2, 0) is 14.6 Å². The molecule has 0 heterocycles. The predicted molar refractivity (Wildman–Crippen MR) is 80.3 cm³/mol. The molecule has 0 fully saturated rings. The van der Waals surface area contributed by atoms with E-state index in [-0.39, 0.29) is 11.3 Å². The zero-order chi connectivity index (χ0) is 16.3. The van der Waals surface area contributed by atoms with Crippen molar-refractivity contribution in [2.24, 2.45) is 0 Å². The molecule has 1 N–H and O–H groups in total. The zero-order valence-corrected chi connectivity index (χ0v) is 13.4. The van der Waals surface area contributed by atoms with Crippen molar-refractivity contribution >= 4 is 15.8 Å². The Kier molecular flexibility index (Phi) is 5.17. The predicted octanol–water partition coefficient (Wildman–Crippen LogP) is 2.67. The van der Waals surface area contributed by atoms with Crippen LogP contribution in [0, 0.1) is 0 Å². The summed E-state index contributed by atoms with van der Waals surface area (Å²) < 4.78 is 28.5. The smallest absolute Gasteiger partial charge is 0.325 e. The van der Waals surface area contributed by atoms with E-state index in [0.29, 0.717) is 11.3 Å². The molecule has 1 unspecified atom stereocenters. The van der Waals surface area contributed by atoms with Crippen molar-refractivity contribution in [2.45, 2.75) is 36.8 Å². The topological polar surface area (TPSA) is 80.7 Å². The molecule has 0 radical (unpaired) electrons. The molecule has 1 aromatic rings. The number of carboxylic acids is 1. The molecular formula is C15H20O5S. The summed E-state index contributed by atoms with van der Waals surface area (Å²) in [5.41, 5.74) is 0.706. The van der Waals surface area contributed by atoms with Crippen molar-refractivity contribution in [2.75, 3.05) is 7.11 Å². The number of sulfone groups is 1. The summed E-state index contributed by atoms with van der Waals surface area (Å²) in [6.45, 7) is 4.70. The van der Waals surface area contributed by atoms with Gasteiger partial charge in [0.15, 0.2) is 14.6 Å². The van der Waals surface area contributed by atoms with E-state index < -0.39 is 20.6 Å². The summed E-state index contributed by atoms with van der Waals surface area (Å²) in [4.78, 5) is 11.6. The molecule has 116 valence electrons. The number of methoxy groups -OCH3 is 1. The minimum Gasteiger partial charge on any atom is -0.497 e. The lowest BCUT2D eigenvalue weighted by Gasteiger charge is -2.25. The first-order chi connectivity index (χ1) is 9.68. The Bertz CT molecular complexity index is 643. The van der Waals surface area contributed by atoms with Crippen LogP contribution >= 0.6 is 0 Å².